The van der Waals surface area contributed by atoms with Crippen LogP contribution in [-0.4, -0.2) is 30.2 Å². The van der Waals surface area contributed by atoms with Gasteiger partial charge in [0.1, 0.15) is 5.56 Å². The predicted octanol–water partition coefficient (Wildman–Crippen LogP) is 1.11. The summed E-state index contributed by atoms with van der Waals surface area (Å²) in [4.78, 5) is 36.3. The SMILES string of the molecule is CCOC(=O)c1cn2c3c(c(F)c(F)cc3c1=O)CC(=O)N2C. The molecule has 2 heterocycles. The molecule has 0 spiro atoms. The van der Waals surface area contributed by atoms with E-state index < -0.39 is 28.9 Å². The summed E-state index contributed by atoms with van der Waals surface area (Å²) in [5, 5.41) is 0.957. The molecule has 0 N–H and O–H groups in total. The molecule has 8 heteroatoms. The van der Waals surface area contributed by atoms with E-state index in [1.54, 1.807) is 6.92 Å². The lowest BCUT2D eigenvalue weighted by Crippen LogP contribution is -2.43. The number of carbonyl (C=O) groups is 2. The molecule has 6 nitrogen and oxygen atoms in total. The summed E-state index contributed by atoms with van der Waals surface area (Å²) in [5.41, 5.74) is -1.24. The van der Waals surface area contributed by atoms with Crippen molar-refractivity contribution in [3.05, 3.63) is 45.2 Å². The van der Waals surface area contributed by atoms with Gasteiger partial charge in [0.2, 0.25) is 11.3 Å². The molecule has 0 saturated carbocycles. The van der Waals surface area contributed by atoms with Crippen molar-refractivity contribution in [3.8, 4) is 0 Å². The van der Waals surface area contributed by atoms with Gasteiger partial charge in [-0.05, 0) is 13.0 Å². The maximum Gasteiger partial charge on any atom is 0.343 e. The van der Waals surface area contributed by atoms with Crippen LogP contribution in [0.5, 0.6) is 0 Å². The molecule has 1 amide bonds. The Hall–Kier alpha value is -2.77. The Kier molecular flexibility index (Phi) is 3.39. The summed E-state index contributed by atoms with van der Waals surface area (Å²) in [6.07, 6.45) is 0.745. The fraction of sp³-hybridized carbons (Fsp3) is 0.267. The van der Waals surface area contributed by atoms with Crippen molar-refractivity contribution >= 4 is 22.8 Å². The Morgan fingerprint density at radius 1 is 1.35 bits per heavy atom. The summed E-state index contributed by atoms with van der Waals surface area (Å²) in [7, 11) is 1.41. The molecule has 0 saturated heterocycles. The van der Waals surface area contributed by atoms with E-state index >= 15 is 0 Å². The molecule has 1 aromatic carbocycles. The van der Waals surface area contributed by atoms with Crippen molar-refractivity contribution in [1.29, 1.82) is 0 Å². The zero-order valence-corrected chi connectivity index (χ0v) is 12.4. The van der Waals surface area contributed by atoms with Gasteiger partial charge in [-0.3, -0.25) is 19.3 Å². The van der Waals surface area contributed by atoms with Crippen LogP contribution >= 0.6 is 0 Å². The van der Waals surface area contributed by atoms with E-state index in [9.17, 15) is 23.2 Å². The summed E-state index contributed by atoms with van der Waals surface area (Å²) in [6, 6.07) is 0.735. The minimum Gasteiger partial charge on any atom is -0.462 e. The first-order valence-corrected chi connectivity index (χ1v) is 6.87. The maximum atomic E-state index is 14.0. The first-order valence-electron chi connectivity index (χ1n) is 6.87. The molecule has 1 aliphatic heterocycles. The van der Waals surface area contributed by atoms with Gasteiger partial charge in [0.05, 0.1) is 23.9 Å². The number of benzene rings is 1. The minimum absolute atomic E-state index is 0.0497. The number of rotatable bonds is 2. The maximum absolute atomic E-state index is 14.0. The largest absolute Gasteiger partial charge is 0.462 e. The monoisotopic (exact) mass is 322 g/mol. The number of nitrogens with zero attached hydrogens (tertiary/aromatic N) is 2. The van der Waals surface area contributed by atoms with Gasteiger partial charge in [0.15, 0.2) is 11.6 Å². The number of likely N-dealkylation sites (N-methyl/N-ethyl adjacent to an activating group) is 1. The molecular weight excluding hydrogens is 310 g/mol. The predicted molar refractivity (Wildman–Crippen MR) is 76.9 cm³/mol. The van der Waals surface area contributed by atoms with Gasteiger partial charge in [0, 0.05) is 18.8 Å². The van der Waals surface area contributed by atoms with Gasteiger partial charge in [-0.25, -0.2) is 13.6 Å². The van der Waals surface area contributed by atoms with Gasteiger partial charge in [0.25, 0.3) is 0 Å². The lowest BCUT2D eigenvalue weighted by atomic mass is 10.0. The third kappa shape index (κ3) is 2.09. The number of amides is 1. The fourth-order valence-corrected chi connectivity index (χ4v) is 2.63. The quantitative estimate of drug-likeness (QED) is 0.777. The van der Waals surface area contributed by atoms with E-state index in [2.05, 4.69) is 0 Å². The minimum atomic E-state index is -1.24. The van der Waals surface area contributed by atoms with Crippen molar-refractivity contribution in [2.24, 2.45) is 0 Å². The average molecular weight is 322 g/mol. The van der Waals surface area contributed by atoms with Crippen LogP contribution in [0.15, 0.2) is 17.1 Å². The van der Waals surface area contributed by atoms with Crippen LogP contribution in [0.1, 0.15) is 22.8 Å². The van der Waals surface area contributed by atoms with Crippen molar-refractivity contribution in [2.45, 2.75) is 13.3 Å². The van der Waals surface area contributed by atoms with Crippen LogP contribution in [-0.2, 0) is 16.0 Å². The zero-order chi connectivity index (χ0) is 16.9. The van der Waals surface area contributed by atoms with Crippen molar-refractivity contribution in [2.75, 3.05) is 18.7 Å². The molecule has 0 aliphatic carbocycles. The van der Waals surface area contributed by atoms with E-state index in [0.717, 1.165) is 17.3 Å². The Bertz CT molecular complexity index is 920. The first-order chi connectivity index (χ1) is 10.9. The second-order valence-corrected chi connectivity index (χ2v) is 5.08. The van der Waals surface area contributed by atoms with Crippen LogP contribution < -0.4 is 10.4 Å². The van der Waals surface area contributed by atoms with Gasteiger partial charge in [-0.2, -0.15) is 0 Å². The van der Waals surface area contributed by atoms with Crippen molar-refractivity contribution in [1.82, 2.24) is 4.68 Å². The van der Waals surface area contributed by atoms with Gasteiger partial charge >= 0.3 is 5.97 Å². The molecule has 3 rings (SSSR count). The molecule has 0 atom stereocenters. The normalized spacial score (nSPS) is 13.6. The van der Waals surface area contributed by atoms with Gasteiger partial charge < -0.3 is 4.74 Å². The number of halogens is 2. The topological polar surface area (TPSA) is 68.6 Å². The molecule has 0 unspecified atom stereocenters. The van der Waals surface area contributed by atoms with E-state index in [4.69, 9.17) is 4.74 Å². The van der Waals surface area contributed by atoms with Crippen LogP contribution in [0.2, 0.25) is 0 Å². The highest BCUT2D eigenvalue weighted by Crippen LogP contribution is 2.27. The van der Waals surface area contributed by atoms with Gasteiger partial charge in [-0.1, -0.05) is 0 Å². The highest BCUT2D eigenvalue weighted by Gasteiger charge is 2.30. The lowest BCUT2D eigenvalue weighted by molar-refractivity contribution is -0.119. The summed E-state index contributed by atoms with van der Waals surface area (Å²) >= 11 is 0. The molecule has 120 valence electrons. The second-order valence-electron chi connectivity index (χ2n) is 5.08. The molecule has 1 aliphatic rings. The Labute approximate surface area is 128 Å². The van der Waals surface area contributed by atoms with Gasteiger partial charge in [-0.15, -0.1) is 0 Å². The van der Waals surface area contributed by atoms with Crippen molar-refractivity contribution in [3.63, 3.8) is 0 Å². The molecule has 2 aromatic rings. The molecule has 0 fully saturated rings. The van der Waals surface area contributed by atoms with Crippen LogP contribution in [0, 0.1) is 11.6 Å². The van der Waals surface area contributed by atoms with E-state index in [0.29, 0.717) is 0 Å². The third-order valence-corrected chi connectivity index (χ3v) is 3.76. The number of ether oxygens (including phenoxy) is 1. The smallest absolute Gasteiger partial charge is 0.343 e. The van der Waals surface area contributed by atoms with E-state index in [-0.39, 0.29) is 35.1 Å². The van der Waals surface area contributed by atoms with Crippen molar-refractivity contribution < 1.29 is 23.1 Å². The fourth-order valence-electron chi connectivity index (χ4n) is 2.63. The lowest BCUT2D eigenvalue weighted by Gasteiger charge is -2.29. The molecule has 0 bridgehead atoms. The molecular formula is C15H12F2N2O4. The number of pyridine rings is 1. The molecule has 0 radical (unpaired) electrons. The number of esters is 1. The molecule has 23 heavy (non-hydrogen) atoms. The average Bonchev–Trinajstić information content (AvgIpc) is 2.51. The summed E-state index contributed by atoms with van der Waals surface area (Å²) < 4.78 is 33.7. The summed E-state index contributed by atoms with van der Waals surface area (Å²) in [5.74, 6) is -3.80. The number of aromatic nitrogens is 1. The van der Waals surface area contributed by atoms with E-state index in [1.807, 2.05) is 0 Å². The van der Waals surface area contributed by atoms with Crippen LogP contribution in [0.3, 0.4) is 0 Å². The zero-order valence-electron chi connectivity index (χ0n) is 12.4. The highest BCUT2D eigenvalue weighted by molar-refractivity contribution is 6.00. The third-order valence-electron chi connectivity index (χ3n) is 3.76. The number of carbonyl (C=O) groups excluding carboxylic acids is 2. The standard InChI is InChI=1S/C15H12F2N2O4/c1-3-23-15(22)9-6-19-13-7(5-11(20)18(19)2)12(17)10(16)4-8(13)14(9)21/h4,6H,3,5H2,1-2H3. The van der Waals surface area contributed by atoms with E-state index in [1.165, 1.54) is 11.7 Å². The Balaban J connectivity index is 2.45. The molecule has 1 aromatic heterocycles. The first kappa shape index (κ1) is 15.1. The number of hydrogen-bond acceptors (Lipinski definition) is 4. The Morgan fingerprint density at radius 2 is 2.04 bits per heavy atom. The highest BCUT2D eigenvalue weighted by atomic mass is 19.2. The second kappa shape index (κ2) is 5.15. The van der Waals surface area contributed by atoms with Crippen LogP contribution in [0.4, 0.5) is 8.78 Å². The van der Waals surface area contributed by atoms with Crippen LogP contribution in [0.25, 0.3) is 10.9 Å². The Morgan fingerprint density at radius 3 is 2.70 bits per heavy atom. The summed E-state index contributed by atoms with van der Waals surface area (Å²) in [6.45, 7) is 1.62. The number of hydrogen-bond donors (Lipinski definition) is 0.